The molecule has 0 saturated carbocycles. The van der Waals surface area contributed by atoms with Gasteiger partial charge in [0.05, 0.1) is 28.0 Å². The van der Waals surface area contributed by atoms with Gasteiger partial charge in [0, 0.05) is 38.6 Å². The van der Waals surface area contributed by atoms with Crippen molar-refractivity contribution >= 4 is 32.8 Å². The van der Waals surface area contributed by atoms with Gasteiger partial charge in [-0.25, -0.2) is 15.0 Å². The molecule has 11 aromatic rings. The molecule has 0 amide bonds. The maximum atomic E-state index is 6.59. The van der Waals surface area contributed by atoms with Gasteiger partial charge in [-0.3, -0.25) is 0 Å². The topological polar surface area (TPSA) is 51.8 Å². The number of hydrogen-bond donors (Lipinski definition) is 0. The average Bonchev–Trinajstić information content (AvgIpc) is 3.72. The molecule has 0 bridgehead atoms. The highest BCUT2D eigenvalue weighted by Gasteiger charge is 2.20. The van der Waals surface area contributed by atoms with E-state index in [2.05, 4.69) is 182 Å². The van der Waals surface area contributed by atoms with Crippen LogP contribution in [0.1, 0.15) is 0 Å². The molecular weight excluding hydrogens is 719 g/mol. The lowest BCUT2D eigenvalue weighted by Crippen LogP contribution is -1.96. The van der Waals surface area contributed by atoms with Crippen LogP contribution in [0.25, 0.3) is 111 Å². The summed E-state index contributed by atoms with van der Waals surface area (Å²) in [6, 6.07) is 73.7. The Morgan fingerprint density at radius 2 is 0.780 bits per heavy atom. The zero-order chi connectivity index (χ0) is 39.1. The lowest BCUT2D eigenvalue weighted by Gasteiger charge is -2.12. The Labute approximate surface area is 341 Å². The van der Waals surface area contributed by atoms with Gasteiger partial charge in [-0.05, 0) is 46.0 Å². The number of rotatable bonds is 7. The van der Waals surface area contributed by atoms with E-state index >= 15 is 0 Å². The molecule has 0 radical (unpaired) electrons. The van der Waals surface area contributed by atoms with Gasteiger partial charge in [-0.15, -0.1) is 0 Å². The number of benzene rings is 8. The molecule has 8 aromatic carbocycles. The number of furan rings is 1. The summed E-state index contributed by atoms with van der Waals surface area (Å²) in [7, 11) is 0. The minimum Gasteiger partial charge on any atom is -0.455 e. The summed E-state index contributed by atoms with van der Waals surface area (Å²) in [5.41, 5.74) is 16.0. The maximum Gasteiger partial charge on any atom is 0.160 e. The van der Waals surface area contributed by atoms with Crippen molar-refractivity contribution in [2.75, 3.05) is 0 Å². The first-order valence-electron chi connectivity index (χ1n) is 19.8. The van der Waals surface area contributed by atoms with Crippen molar-refractivity contribution in [3.63, 3.8) is 0 Å². The van der Waals surface area contributed by atoms with Crippen molar-refractivity contribution in [1.82, 2.24) is 15.0 Å². The van der Waals surface area contributed by atoms with Crippen molar-refractivity contribution in [3.8, 4) is 78.5 Å². The van der Waals surface area contributed by atoms with Gasteiger partial charge in [0.1, 0.15) is 11.2 Å². The third kappa shape index (κ3) is 6.34. The molecule has 0 aliphatic heterocycles. The first-order chi connectivity index (χ1) is 29.2. The van der Waals surface area contributed by atoms with Crippen LogP contribution in [-0.4, -0.2) is 15.0 Å². The van der Waals surface area contributed by atoms with E-state index < -0.39 is 0 Å². The number of aromatic nitrogens is 3. The zero-order valence-corrected chi connectivity index (χ0v) is 32.0. The Balaban J connectivity index is 1.02. The monoisotopic (exact) mass is 753 g/mol. The fourth-order valence-corrected chi connectivity index (χ4v) is 8.12. The number of para-hydroxylation sites is 2. The molecule has 59 heavy (non-hydrogen) atoms. The van der Waals surface area contributed by atoms with Crippen LogP contribution in [0.5, 0.6) is 0 Å². The van der Waals surface area contributed by atoms with E-state index in [0.717, 1.165) is 94.4 Å². The summed E-state index contributed by atoms with van der Waals surface area (Å²) in [4.78, 5) is 15.7. The second-order valence-corrected chi connectivity index (χ2v) is 14.8. The van der Waals surface area contributed by atoms with Gasteiger partial charge in [0.25, 0.3) is 0 Å². The van der Waals surface area contributed by atoms with Crippen molar-refractivity contribution in [1.29, 1.82) is 0 Å². The lowest BCUT2D eigenvalue weighted by atomic mass is 9.97. The molecule has 3 aromatic heterocycles. The molecule has 3 heterocycles. The Bertz CT molecular complexity index is 3170. The SMILES string of the molecule is c1ccc(-c2ccc(-c3cc(-c4ccc(-c5cccc6c5nc(-c5ccccc5)c5c7ccccc7oc65)cc4)nc(-c4ccc(-c5ccccc5)cc4)n3)cc2)cc1. The summed E-state index contributed by atoms with van der Waals surface area (Å²) in [5.74, 6) is 0.676. The molecule has 0 N–H and O–H groups in total. The smallest absolute Gasteiger partial charge is 0.160 e. The molecule has 276 valence electrons. The van der Waals surface area contributed by atoms with Gasteiger partial charge in [0.15, 0.2) is 5.82 Å². The molecule has 0 aliphatic carbocycles. The molecule has 0 spiro atoms. The number of hydrogen-bond acceptors (Lipinski definition) is 4. The highest BCUT2D eigenvalue weighted by atomic mass is 16.3. The molecule has 0 aliphatic rings. The van der Waals surface area contributed by atoms with Gasteiger partial charge >= 0.3 is 0 Å². The van der Waals surface area contributed by atoms with Crippen molar-refractivity contribution in [2.45, 2.75) is 0 Å². The Hall–Kier alpha value is -7.95. The van der Waals surface area contributed by atoms with Crippen molar-refractivity contribution in [2.24, 2.45) is 0 Å². The molecule has 11 rings (SSSR count). The fraction of sp³-hybridized carbons (Fsp3) is 0. The van der Waals surface area contributed by atoms with Gasteiger partial charge in [-0.2, -0.15) is 0 Å². The number of nitrogens with zero attached hydrogens (tertiary/aromatic N) is 3. The van der Waals surface area contributed by atoms with Crippen LogP contribution in [0, 0.1) is 0 Å². The molecular formula is C55H35N3O. The lowest BCUT2D eigenvalue weighted by molar-refractivity contribution is 0.672. The Morgan fingerprint density at radius 1 is 0.322 bits per heavy atom. The van der Waals surface area contributed by atoms with E-state index in [4.69, 9.17) is 19.4 Å². The molecule has 0 fully saturated rings. The molecule has 4 nitrogen and oxygen atoms in total. The van der Waals surface area contributed by atoms with E-state index in [0.29, 0.717) is 5.82 Å². The Morgan fingerprint density at radius 3 is 1.37 bits per heavy atom. The largest absolute Gasteiger partial charge is 0.455 e. The fourth-order valence-electron chi connectivity index (χ4n) is 8.12. The van der Waals surface area contributed by atoms with Crippen LogP contribution in [0.2, 0.25) is 0 Å². The minimum atomic E-state index is 0.676. The van der Waals surface area contributed by atoms with Crippen LogP contribution in [0.4, 0.5) is 0 Å². The van der Waals surface area contributed by atoms with E-state index in [9.17, 15) is 0 Å². The number of fused-ring (bicyclic) bond motifs is 5. The van der Waals surface area contributed by atoms with E-state index in [1.807, 2.05) is 30.3 Å². The van der Waals surface area contributed by atoms with E-state index in [1.54, 1.807) is 0 Å². The van der Waals surface area contributed by atoms with E-state index in [-0.39, 0.29) is 0 Å². The van der Waals surface area contributed by atoms with Crippen LogP contribution in [0.15, 0.2) is 217 Å². The normalized spacial score (nSPS) is 11.4. The van der Waals surface area contributed by atoms with Crippen molar-refractivity contribution in [3.05, 3.63) is 212 Å². The summed E-state index contributed by atoms with van der Waals surface area (Å²) >= 11 is 0. The first kappa shape index (κ1) is 34.3. The molecule has 0 atom stereocenters. The summed E-state index contributed by atoms with van der Waals surface area (Å²) in [6.07, 6.45) is 0. The summed E-state index contributed by atoms with van der Waals surface area (Å²) in [6.45, 7) is 0. The van der Waals surface area contributed by atoms with Crippen LogP contribution >= 0.6 is 0 Å². The second kappa shape index (κ2) is 14.5. The Kier molecular flexibility index (Phi) is 8.45. The highest BCUT2D eigenvalue weighted by molar-refractivity contribution is 6.20. The molecule has 4 heteroatoms. The maximum absolute atomic E-state index is 6.59. The summed E-state index contributed by atoms with van der Waals surface area (Å²) in [5, 5.41) is 3.08. The standard InChI is InChI=1S/C55H35N3O/c1-4-13-36(14-5-1)38-23-29-41(30-24-38)48-35-49(57-55(56-48)44-33-25-39(26-34-44)37-15-6-2-7-16-37)42-31-27-40(28-32-42)45-20-12-21-47-53(45)58-52(43-17-8-3-9-18-43)51-46-19-10-11-22-50(46)59-54(47)51/h1-35H. The van der Waals surface area contributed by atoms with Crippen molar-refractivity contribution < 1.29 is 4.42 Å². The average molecular weight is 754 g/mol. The third-order valence-corrected chi connectivity index (χ3v) is 11.1. The predicted molar refractivity (Wildman–Crippen MR) is 243 cm³/mol. The van der Waals surface area contributed by atoms with Gasteiger partial charge < -0.3 is 4.42 Å². The van der Waals surface area contributed by atoms with E-state index in [1.165, 1.54) is 11.1 Å². The highest BCUT2D eigenvalue weighted by Crippen LogP contribution is 2.42. The van der Waals surface area contributed by atoms with Crippen LogP contribution in [-0.2, 0) is 0 Å². The first-order valence-corrected chi connectivity index (χ1v) is 19.8. The zero-order valence-electron chi connectivity index (χ0n) is 32.0. The van der Waals surface area contributed by atoms with Crippen LogP contribution < -0.4 is 0 Å². The predicted octanol–water partition coefficient (Wildman–Crippen LogP) is 14.6. The minimum absolute atomic E-state index is 0.676. The summed E-state index contributed by atoms with van der Waals surface area (Å²) < 4.78 is 6.59. The van der Waals surface area contributed by atoms with Gasteiger partial charge in [0.2, 0.25) is 0 Å². The van der Waals surface area contributed by atoms with Crippen LogP contribution in [0.3, 0.4) is 0 Å². The quantitative estimate of drug-likeness (QED) is 0.163. The molecule has 0 saturated heterocycles. The number of pyridine rings is 1. The second-order valence-electron chi connectivity index (χ2n) is 14.8. The van der Waals surface area contributed by atoms with Gasteiger partial charge in [-0.1, -0.05) is 194 Å². The molecule has 0 unspecified atom stereocenters. The third-order valence-electron chi connectivity index (χ3n) is 11.1.